The van der Waals surface area contributed by atoms with Crippen LogP contribution in [0.3, 0.4) is 0 Å². The Hall–Kier alpha value is -1.94. The molecule has 570 valence electrons. The Morgan fingerprint density at radius 3 is 0.646 bits per heavy atom. The van der Waals surface area contributed by atoms with Gasteiger partial charge in [-0.1, -0.05) is 338 Å². The van der Waals surface area contributed by atoms with E-state index in [1.807, 2.05) is 0 Å². The van der Waals surface area contributed by atoms with Gasteiger partial charge in [-0.05, 0) is 49.4 Å². The van der Waals surface area contributed by atoms with E-state index >= 15 is 0 Å². The summed E-state index contributed by atoms with van der Waals surface area (Å²) in [7, 11) is -9.91. The molecule has 0 aliphatic heterocycles. The minimum Gasteiger partial charge on any atom is -0.462 e. The van der Waals surface area contributed by atoms with Crippen LogP contribution in [-0.2, 0) is 65.4 Å². The molecule has 0 saturated heterocycles. The first-order valence-corrected chi connectivity index (χ1v) is 42.7. The van der Waals surface area contributed by atoms with Crippen molar-refractivity contribution in [2.75, 3.05) is 39.6 Å². The van der Waals surface area contributed by atoms with Crippen LogP contribution in [0, 0.1) is 23.7 Å². The number of aliphatic hydroxyl groups excluding tert-OH is 1. The molecule has 0 aliphatic rings. The molecule has 0 aromatic rings. The van der Waals surface area contributed by atoms with Gasteiger partial charge < -0.3 is 33.8 Å². The molecule has 96 heavy (non-hydrogen) atoms. The number of unbranched alkanes of at least 4 members (excludes halogenated alkanes) is 40. The molecule has 3 unspecified atom stereocenters. The van der Waals surface area contributed by atoms with Gasteiger partial charge in [0.05, 0.1) is 26.4 Å². The third kappa shape index (κ3) is 70.5. The van der Waals surface area contributed by atoms with E-state index in [1.165, 1.54) is 186 Å². The van der Waals surface area contributed by atoms with Gasteiger partial charge >= 0.3 is 39.5 Å². The standard InChI is InChI=1S/C77H150O17P2/c1-67(2)53-45-37-29-23-19-15-11-9-10-12-17-21-25-33-41-49-57-74(79)87-63-73(94-77(82)60-52-44-36-28-32-40-48-56-70(7)8)66-92-96(85,86)90-62-71(78)61-89-95(83,84)91-65-72(64-88-75(80)58-50-42-35-27-31-39-47-55-69(5)6)93-76(81)59-51-43-34-26-22-18-14-13-16-20-24-30-38-46-54-68(3)4/h67-73,78H,9-66H2,1-8H3,(H,83,84)(H,85,86)/t71?,72-,73-/m1/s1. The van der Waals surface area contributed by atoms with Crippen molar-refractivity contribution in [3.8, 4) is 0 Å². The SMILES string of the molecule is CC(C)CCCCCCCCCCCCCCCCCCC(=O)OC[C@H](COP(=O)(O)OCC(O)COP(=O)(O)OC[C@@H](COC(=O)CCCCCCCCCC(C)C)OC(=O)CCCCCCCCCCCCCCCCC(C)C)OC(=O)CCCCCCCCCC(C)C. The molecule has 0 radical (unpaired) electrons. The molecule has 0 aliphatic carbocycles. The molecule has 5 atom stereocenters. The highest BCUT2D eigenvalue weighted by molar-refractivity contribution is 7.47. The Bertz CT molecular complexity index is 1880. The molecule has 19 heteroatoms. The molecular formula is C77H150O17P2. The lowest BCUT2D eigenvalue weighted by atomic mass is 10.0. The minimum atomic E-state index is -4.96. The predicted molar refractivity (Wildman–Crippen MR) is 391 cm³/mol. The summed E-state index contributed by atoms with van der Waals surface area (Å²) in [5.41, 5.74) is 0. The lowest BCUT2D eigenvalue weighted by Gasteiger charge is -2.21. The Morgan fingerprint density at radius 2 is 0.438 bits per heavy atom. The average molecular weight is 1410 g/mol. The zero-order chi connectivity index (χ0) is 71.0. The maximum absolute atomic E-state index is 13.1. The number of esters is 4. The first-order valence-electron chi connectivity index (χ1n) is 39.7. The molecule has 0 saturated carbocycles. The summed E-state index contributed by atoms with van der Waals surface area (Å²) in [6, 6.07) is 0. The summed E-state index contributed by atoms with van der Waals surface area (Å²) in [4.78, 5) is 72.8. The van der Waals surface area contributed by atoms with Crippen molar-refractivity contribution in [1.82, 2.24) is 0 Å². The van der Waals surface area contributed by atoms with Gasteiger partial charge in [0.15, 0.2) is 12.2 Å². The smallest absolute Gasteiger partial charge is 0.462 e. The fraction of sp³-hybridized carbons (Fsp3) is 0.948. The Morgan fingerprint density at radius 1 is 0.260 bits per heavy atom. The molecule has 0 fully saturated rings. The van der Waals surface area contributed by atoms with Crippen molar-refractivity contribution in [3.63, 3.8) is 0 Å². The van der Waals surface area contributed by atoms with Crippen molar-refractivity contribution >= 4 is 39.5 Å². The molecule has 17 nitrogen and oxygen atoms in total. The number of carbonyl (C=O) groups is 4. The second-order valence-electron chi connectivity index (χ2n) is 29.7. The number of hydrogen-bond acceptors (Lipinski definition) is 15. The molecule has 0 rings (SSSR count). The topological polar surface area (TPSA) is 237 Å². The van der Waals surface area contributed by atoms with E-state index in [0.717, 1.165) is 108 Å². The van der Waals surface area contributed by atoms with Crippen LogP contribution < -0.4 is 0 Å². The van der Waals surface area contributed by atoms with Crippen LogP contribution in [0.1, 0.15) is 389 Å². The van der Waals surface area contributed by atoms with E-state index in [9.17, 15) is 43.2 Å². The highest BCUT2D eigenvalue weighted by atomic mass is 31.2. The fourth-order valence-electron chi connectivity index (χ4n) is 11.7. The van der Waals surface area contributed by atoms with Gasteiger partial charge in [0, 0.05) is 25.7 Å². The Kier molecular flexibility index (Phi) is 65.0. The van der Waals surface area contributed by atoms with E-state index in [1.54, 1.807) is 0 Å². The number of phosphoric ester groups is 2. The van der Waals surface area contributed by atoms with Gasteiger partial charge in [-0.2, -0.15) is 0 Å². The molecule has 0 aromatic heterocycles. The van der Waals surface area contributed by atoms with Crippen LogP contribution >= 0.6 is 15.6 Å². The van der Waals surface area contributed by atoms with Gasteiger partial charge in [0.2, 0.25) is 0 Å². The largest absolute Gasteiger partial charge is 0.472 e. The summed E-state index contributed by atoms with van der Waals surface area (Å²) in [6.07, 6.45) is 51.6. The molecule has 3 N–H and O–H groups in total. The quantitative estimate of drug-likeness (QED) is 0.0222. The third-order valence-corrected chi connectivity index (χ3v) is 19.7. The van der Waals surface area contributed by atoms with E-state index in [4.69, 9.17) is 37.0 Å². The molecule has 0 bridgehead atoms. The van der Waals surface area contributed by atoms with Crippen LogP contribution in [0.25, 0.3) is 0 Å². The normalized spacial score (nSPS) is 14.1. The fourth-order valence-corrected chi connectivity index (χ4v) is 13.3. The van der Waals surface area contributed by atoms with Gasteiger partial charge in [0.25, 0.3) is 0 Å². The van der Waals surface area contributed by atoms with Gasteiger partial charge in [-0.25, -0.2) is 9.13 Å². The van der Waals surface area contributed by atoms with Gasteiger partial charge in [-0.3, -0.25) is 37.3 Å². The zero-order valence-corrected chi connectivity index (χ0v) is 64.8. The highest BCUT2D eigenvalue weighted by Crippen LogP contribution is 2.45. The number of aliphatic hydroxyl groups is 1. The number of phosphoric acid groups is 2. The van der Waals surface area contributed by atoms with Crippen LogP contribution in [0.5, 0.6) is 0 Å². The summed E-state index contributed by atoms with van der Waals surface area (Å²) in [5.74, 6) is 0.885. The molecular weight excluding hydrogens is 1260 g/mol. The molecule has 0 heterocycles. The maximum Gasteiger partial charge on any atom is 0.472 e. The number of carbonyl (C=O) groups excluding carboxylic acids is 4. The van der Waals surface area contributed by atoms with Crippen molar-refractivity contribution in [2.24, 2.45) is 23.7 Å². The predicted octanol–water partition coefficient (Wildman–Crippen LogP) is 22.4. The zero-order valence-electron chi connectivity index (χ0n) is 63.0. The molecule has 0 amide bonds. The van der Waals surface area contributed by atoms with E-state index < -0.39 is 97.5 Å². The van der Waals surface area contributed by atoms with Crippen LogP contribution in [0.2, 0.25) is 0 Å². The van der Waals surface area contributed by atoms with Crippen LogP contribution in [-0.4, -0.2) is 96.7 Å². The van der Waals surface area contributed by atoms with Crippen LogP contribution in [0.15, 0.2) is 0 Å². The minimum absolute atomic E-state index is 0.103. The second kappa shape index (κ2) is 66.3. The monoisotopic (exact) mass is 1410 g/mol. The van der Waals surface area contributed by atoms with Gasteiger partial charge in [0.1, 0.15) is 19.3 Å². The third-order valence-electron chi connectivity index (χ3n) is 17.8. The highest BCUT2D eigenvalue weighted by Gasteiger charge is 2.30. The van der Waals surface area contributed by atoms with Crippen molar-refractivity contribution in [3.05, 3.63) is 0 Å². The average Bonchev–Trinajstić information content (AvgIpc) is 1.23. The Balaban J connectivity index is 5.17. The lowest BCUT2D eigenvalue weighted by molar-refractivity contribution is -0.161. The summed E-state index contributed by atoms with van der Waals surface area (Å²) in [5, 5.41) is 10.6. The first-order chi connectivity index (χ1) is 46.1. The molecule has 0 spiro atoms. The Labute approximate surface area is 588 Å². The van der Waals surface area contributed by atoms with Crippen molar-refractivity contribution < 1.29 is 80.2 Å². The molecule has 0 aromatic carbocycles. The summed E-state index contributed by atoms with van der Waals surface area (Å²) >= 11 is 0. The van der Waals surface area contributed by atoms with Crippen LogP contribution in [0.4, 0.5) is 0 Å². The number of ether oxygens (including phenoxy) is 4. The summed E-state index contributed by atoms with van der Waals surface area (Å²) in [6.45, 7) is 14.1. The maximum atomic E-state index is 13.1. The van der Waals surface area contributed by atoms with Crippen molar-refractivity contribution in [2.45, 2.75) is 408 Å². The summed E-state index contributed by atoms with van der Waals surface area (Å²) < 4.78 is 68.5. The van der Waals surface area contributed by atoms with E-state index in [0.29, 0.717) is 37.5 Å². The van der Waals surface area contributed by atoms with E-state index in [2.05, 4.69) is 55.4 Å². The van der Waals surface area contributed by atoms with Gasteiger partial charge in [-0.15, -0.1) is 0 Å². The van der Waals surface area contributed by atoms with Crippen molar-refractivity contribution in [1.29, 1.82) is 0 Å². The number of rotatable bonds is 74. The number of hydrogen-bond donors (Lipinski definition) is 3. The lowest BCUT2D eigenvalue weighted by Crippen LogP contribution is -2.30. The second-order valence-corrected chi connectivity index (χ2v) is 32.6. The first kappa shape index (κ1) is 94.1. The van der Waals surface area contributed by atoms with E-state index in [-0.39, 0.29) is 25.7 Å².